The molecule has 0 amide bonds. The van der Waals surface area contributed by atoms with Crippen LogP contribution >= 0.6 is 17.2 Å². The van der Waals surface area contributed by atoms with Crippen molar-refractivity contribution in [3.05, 3.63) is 86.5 Å². The fourth-order valence-corrected chi connectivity index (χ4v) is 10.5. The number of hydrogen-bond acceptors (Lipinski definition) is 9. The van der Waals surface area contributed by atoms with Crippen molar-refractivity contribution in [2.45, 2.75) is 123 Å². The summed E-state index contributed by atoms with van der Waals surface area (Å²) in [7, 11) is -3.58. The Morgan fingerprint density at radius 3 is 1.25 bits per heavy atom. The van der Waals surface area contributed by atoms with E-state index in [0.717, 1.165) is 44.5 Å². The van der Waals surface area contributed by atoms with Crippen LogP contribution in [-0.4, -0.2) is 27.4 Å². The van der Waals surface area contributed by atoms with Crippen LogP contribution < -0.4 is 0 Å². The van der Waals surface area contributed by atoms with Gasteiger partial charge in [-0.1, -0.05) is 62.3 Å². The second-order valence-corrected chi connectivity index (χ2v) is 18.7. The monoisotopic (exact) mass is 696 g/mol. The van der Waals surface area contributed by atoms with Crippen LogP contribution in [0.5, 0.6) is 17.2 Å². The fraction of sp³-hybridized carbons (Fsp3) is 0.514. The lowest BCUT2D eigenvalue weighted by molar-refractivity contribution is -0.315. The minimum atomic E-state index is -1.86. The van der Waals surface area contributed by atoms with Gasteiger partial charge in [-0.2, -0.15) is 0 Å². The van der Waals surface area contributed by atoms with Crippen LogP contribution in [-0.2, 0) is 54.6 Å². The van der Waals surface area contributed by atoms with Gasteiger partial charge in [-0.3, -0.25) is 27.1 Å². The number of rotatable bonds is 4. The molecule has 6 heterocycles. The Balaban J connectivity index is 1.62. The third kappa shape index (κ3) is 4.45. The zero-order valence-electron chi connectivity index (χ0n) is 29.7. The van der Waals surface area contributed by atoms with Crippen molar-refractivity contribution < 1.29 is 42.5 Å². The fourth-order valence-electron chi connectivity index (χ4n) is 7.67. The highest BCUT2D eigenvalue weighted by Gasteiger charge is 2.90. The highest BCUT2D eigenvalue weighted by atomic mass is 31.2. The molecule has 0 aliphatic carbocycles. The summed E-state index contributed by atoms with van der Waals surface area (Å²) >= 11 is 0. The maximum atomic E-state index is 11.3. The van der Waals surface area contributed by atoms with Gasteiger partial charge in [-0.05, 0) is 123 Å². The van der Waals surface area contributed by atoms with Gasteiger partial charge in [-0.15, -0.1) is 0 Å². The molecule has 0 saturated carbocycles. The minimum Gasteiger partial charge on any atom is -0.508 e. The molecule has 3 aromatic carbocycles. The van der Waals surface area contributed by atoms with Crippen molar-refractivity contribution in [1.29, 1.82) is 0 Å². The summed E-state index contributed by atoms with van der Waals surface area (Å²) in [5.74, 6) is -1.15. The van der Waals surface area contributed by atoms with E-state index in [0.29, 0.717) is 5.56 Å². The molecule has 1 unspecified atom stereocenters. The Labute approximate surface area is 285 Å². The quantitative estimate of drug-likeness (QED) is 0.230. The summed E-state index contributed by atoms with van der Waals surface area (Å²) in [5.41, 5.74) is 2.33. The van der Waals surface area contributed by atoms with Gasteiger partial charge < -0.3 is 15.3 Å². The largest absolute Gasteiger partial charge is 0.508 e. The van der Waals surface area contributed by atoms with E-state index < -0.39 is 56.7 Å². The van der Waals surface area contributed by atoms with E-state index in [9.17, 15) is 15.3 Å². The average Bonchev–Trinajstić information content (AvgIpc) is 3.61. The van der Waals surface area contributed by atoms with Gasteiger partial charge in [0.1, 0.15) is 17.2 Å². The average molecular weight is 697 g/mol. The molecule has 4 bridgehead atoms. The Morgan fingerprint density at radius 1 is 0.521 bits per heavy atom. The molecule has 3 aromatic rings. The molecule has 9 nitrogen and oxygen atoms in total. The van der Waals surface area contributed by atoms with Crippen molar-refractivity contribution in [3.8, 4) is 17.2 Å². The van der Waals surface area contributed by atoms with E-state index in [-0.39, 0.29) is 17.2 Å². The van der Waals surface area contributed by atoms with Gasteiger partial charge in [0.05, 0.1) is 0 Å². The SMILES string of the molecule is Cc1cc(O)c(C(C)(C)C)cc1C1(c2cc(C(C)(C)C)c(O)cc2C)OP2OC1(C1(c3cc(C(C)(C)C)c(O)cc3C)OP3OC1O3)O2. The maximum absolute atomic E-state index is 11.3. The molecule has 0 radical (unpaired) electrons. The van der Waals surface area contributed by atoms with Gasteiger partial charge in [0, 0.05) is 0 Å². The third-order valence-corrected chi connectivity index (χ3v) is 12.5. The standard InChI is InChI=1S/C37H46O9P2/c1-19-13-28(38)25(32(4,5)6)16-22(19)35(23-17-26(33(7,8)9)29(39)14-20(23)2)37(45-48(43-35)46-37)36(31-41-47(42-31)44-36)24-18-27(34(10,11)12)30(40)15-21(24)3/h13-18,31,38-40H,1-12H3. The number of aromatic hydroxyl groups is 3. The molecule has 258 valence electrons. The van der Waals surface area contributed by atoms with Crippen LogP contribution in [0.2, 0.25) is 0 Å². The first-order valence-electron chi connectivity index (χ1n) is 16.3. The molecule has 0 aromatic heterocycles. The van der Waals surface area contributed by atoms with Crippen molar-refractivity contribution in [1.82, 2.24) is 0 Å². The summed E-state index contributed by atoms with van der Waals surface area (Å²) in [6.07, 6.45) is -0.906. The predicted molar refractivity (Wildman–Crippen MR) is 184 cm³/mol. The predicted octanol–water partition coefficient (Wildman–Crippen LogP) is 9.39. The van der Waals surface area contributed by atoms with Crippen molar-refractivity contribution in [2.75, 3.05) is 0 Å². The van der Waals surface area contributed by atoms with Gasteiger partial charge in [-0.25, -0.2) is 0 Å². The Bertz CT molecular complexity index is 1770. The molecule has 9 rings (SSSR count). The number of aryl methyl sites for hydroxylation is 3. The molecule has 48 heavy (non-hydrogen) atoms. The van der Waals surface area contributed by atoms with Crippen molar-refractivity contribution >= 4 is 17.2 Å². The first kappa shape index (κ1) is 34.1. The first-order chi connectivity index (χ1) is 22.1. The molecule has 6 saturated heterocycles. The van der Waals surface area contributed by atoms with Crippen LogP contribution in [0.15, 0.2) is 36.4 Å². The zero-order chi connectivity index (χ0) is 35.1. The summed E-state index contributed by atoms with van der Waals surface area (Å²) in [6.45, 7) is 24.2. The third-order valence-electron chi connectivity index (χ3n) is 10.1. The molecule has 6 aliphatic heterocycles. The number of phenolic OH excluding ortho intramolecular Hbond substituents is 3. The number of fused-ring (bicyclic) bond motifs is 2. The Kier molecular flexibility index (Phi) is 7.37. The minimum absolute atomic E-state index is 0.175. The number of benzene rings is 3. The van der Waals surface area contributed by atoms with E-state index in [1.165, 1.54) is 0 Å². The summed E-state index contributed by atoms with van der Waals surface area (Å²) < 4.78 is 40.2. The molecule has 11 heteroatoms. The van der Waals surface area contributed by atoms with E-state index in [1.54, 1.807) is 18.2 Å². The van der Waals surface area contributed by atoms with Crippen LogP contribution in [0.25, 0.3) is 0 Å². The number of hydrogen-bond donors (Lipinski definition) is 3. The maximum Gasteiger partial charge on any atom is 0.339 e. The van der Waals surface area contributed by atoms with Gasteiger partial charge >= 0.3 is 17.2 Å². The van der Waals surface area contributed by atoms with Gasteiger partial charge in [0.15, 0.2) is 5.60 Å². The molecule has 6 aliphatic rings. The van der Waals surface area contributed by atoms with Crippen LogP contribution in [0, 0.1) is 20.8 Å². The topological polar surface area (TPSA) is 116 Å². The van der Waals surface area contributed by atoms with Crippen LogP contribution in [0.1, 0.15) is 112 Å². The lowest BCUT2D eigenvalue weighted by Gasteiger charge is -2.52. The molecular weight excluding hydrogens is 650 g/mol. The Morgan fingerprint density at radius 2 is 0.896 bits per heavy atom. The zero-order valence-corrected chi connectivity index (χ0v) is 31.5. The number of phenols is 3. The first-order valence-corrected chi connectivity index (χ1v) is 18.5. The van der Waals surface area contributed by atoms with E-state index in [4.69, 9.17) is 27.1 Å². The Hall–Kier alpha value is -2.32. The van der Waals surface area contributed by atoms with E-state index in [1.807, 2.05) is 101 Å². The smallest absolute Gasteiger partial charge is 0.339 e. The van der Waals surface area contributed by atoms with Crippen molar-refractivity contribution in [2.24, 2.45) is 0 Å². The van der Waals surface area contributed by atoms with Crippen LogP contribution in [0.3, 0.4) is 0 Å². The van der Waals surface area contributed by atoms with Crippen LogP contribution in [0.4, 0.5) is 0 Å². The highest BCUT2D eigenvalue weighted by molar-refractivity contribution is 7.44. The van der Waals surface area contributed by atoms with E-state index >= 15 is 0 Å². The second kappa shape index (κ2) is 10.4. The normalized spacial score (nSPS) is 29.1. The summed E-state index contributed by atoms with van der Waals surface area (Å²) in [6, 6.07) is 11.2. The van der Waals surface area contributed by atoms with Crippen molar-refractivity contribution in [3.63, 3.8) is 0 Å². The van der Waals surface area contributed by atoms with E-state index in [2.05, 4.69) is 0 Å². The lowest BCUT2D eigenvalue weighted by Crippen LogP contribution is -2.68. The van der Waals surface area contributed by atoms with Gasteiger partial charge in [0.2, 0.25) is 11.9 Å². The molecular formula is C37H46O9P2. The molecule has 6 fully saturated rings. The second-order valence-electron chi connectivity index (χ2n) is 16.7. The highest BCUT2D eigenvalue weighted by Crippen LogP contribution is 2.86. The molecule has 0 spiro atoms. The molecule has 3 N–H and O–H groups in total. The van der Waals surface area contributed by atoms with Gasteiger partial charge in [0.25, 0.3) is 5.79 Å². The summed E-state index contributed by atoms with van der Waals surface area (Å²) in [5, 5.41) is 33.7. The molecule has 1 atom stereocenters. The summed E-state index contributed by atoms with van der Waals surface area (Å²) in [4.78, 5) is 0. The lowest BCUT2D eigenvalue weighted by atomic mass is 9.65.